The topological polar surface area (TPSA) is 68.0 Å². The van der Waals surface area contributed by atoms with Gasteiger partial charge in [0, 0.05) is 23.9 Å². The third-order valence-electron chi connectivity index (χ3n) is 3.33. The van der Waals surface area contributed by atoms with E-state index in [9.17, 15) is 4.79 Å². The van der Waals surface area contributed by atoms with Gasteiger partial charge in [-0.3, -0.25) is 4.79 Å². The van der Waals surface area contributed by atoms with Gasteiger partial charge in [-0.15, -0.1) is 11.3 Å². The number of rotatable bonds is 7. The standard InChI is InChI=1S/C16H23N3O2S/c1-10(2)8-13-9-14(21-19-13)16(20)17-7-5-6-15-18-11(3)12(4)22-15/h9-10H,5-8H2,1-4H3,(H,17,20). The average Bonchev–Trinajstić information content (AvgIpc) is 3.02. The number of carbonyl (C=O) groups is 1. The molecule has 0 aromatic carbocycles. The van der Waals surface area contributed by atoms with Crippen LogP contribution < -0.4 is 5.32 Å². The average molecular weight is 321 g/mol. The van der Waals surface area contributed by atoms with Crippen molar-refractivity contribution in [1.82, 2.24) is 15.5 Å². The summed E-state index contributed by atoms with van der Waals surface area (Å²) in [5, 5.41) is 7.91. The number of hydrogen-bond donors (Lipinski definition) is 1. The SMILES string of the molecule is Cc1nc(CCCNC(=O)c2cc(CC(C)C)no2)sc1C. The highest BCUT2D eigenvalue weighted by Crippen LogP contribution is 2.17. The Hall–Kier alpha value is -1.69. The second-order valence-electron chi connectivity index (χ2n) is 5.89. The molecule has 2 heterocycles. The van der Waals surface area contributed by atoms with Gasteiger partial charge in [0.25, 0.3) is 5.91 Å². The first-order valence-electron chi connectivity index (χ1n) is 7.62. The molecule has 0 spiro atoms. The molecule has 120 valence electrons. The Morgan fingerprint density at radius 1 is 1.41 bits per heavy atom. The fraction of sp³-hybridized carbons (Fsp3) is 0.562. The zero-order valence-electron chi connectivity index (χ0n) is 13.6. The minimum atomic E-state index is -0.200. The van der Waals surface area contributed by atoms with Crippen molar-refractivity contribution in [3.8, 4) is 0 Å². The molecule has 2 aromatic rings. The minimum Gasteiger partial charge on any atom is -0.351 e. The quantitative estimate of drug-likeness (QED) is 0.794. The van der Waals surface area contributed by atoms with Crippen molar-refractivity contribution in [3.63, 3.8) is 0 Å². The lowest BCUT2D eigenvalue weighted by atomic mass is 10.1. The van der Waals surface area contributed by atoms with Crippen LogP contribution in [-0.2, 0) is 12.8 Å². The summed E-state index contributed by atoms with van der Waals surface area (Å²) in [5.41, 5.74) is 1.93. The molecule has 6 heteroatoms. The predicted molar refractivity (Wildman–Crippen MR) is 87.3 cm³/mol. The van der Waals surface area contributed by atoms with Crippen LogP contribution in [0.2, 0.25) is 0 Å². The van der Waals surface area contributed by atoms with Crippen LogP contribution in [0.3, 0.4) is 0 Å². The van der Waals surface area contributed by atoms with Crippen molar-refractivity contribution in [2.24, 2.45) is 5.92 Å². The van der Waals surface area contributed by atoms with Gasteiger partial charge in [0.2, 0.25) is 5.76 Å². The summed E-state index contributed by atoms with van der Waals surface area (Å²) in [6, 6.07) is 1.73. The summed E-state index contributed by atoms with van der Waals surface area (Å²) < 4.78 is 5.09. The summed E-state index contributed by atoms with van der Waals surface area (Å²) in [4.78, 5) is 17.7. The van der Waals surface area contributed by atoms with Crippen molar-refractivity contribution in [3.05, 3.63) is 33.1 Å². The number of thiazole rings is 1. The Morgan fingerprint density at radius 2 is 2.18 bits per heavy atom. The number of aromatic nitrogens is 2. The molecule has 0 aliphatic heterocycles. The van der Waals surface area contributed by atoms with Crippen LogP contribution in [0.1, 0.15) is 52.1 Å². The molecule has 0 unspecified atom stereocenters. The van der Waals surface area contributed by atoms with Crippen LogP contribution in [0, 0.1) is 19.8 Å². The highest BCUT2D eigenvalue weighted by Gasteiger charge is 2.13. The van der Waals surface area contributed by atoms with E-state index in [1.54, 1.807) is 17.4 Å². The smallest absolute Gasteiger partial charge is 0.289 e. The minimum absolute atomic E-state index is 0.200. The second kappa shape index (κ2) is 7.54. The number of carbonyl (C=O) groups excluding carboxylic acids is 1. The third-order valence-corrected chi connectivity index (χ3v) is 4.46. The van der Waals surface area contributed by atoms with Gasteiger partial charge in [0.1, 0.15) is 0 Å². The molecular formula is C16H23N3O2S. The highest BCUT2D eigenvalue weighted by atomic mass is 32.1. The molecule has 2 aromatic heterocycles. The summed E-state index contributed by atoms with van der Waals surface area (Å²) >= 11 is 1.73. The molecule has 1 N–H and O–H groups in total. The number of nitrogens with zero attached hydrogens (tertiary/aromatic N) is 2. The second-order valence-corrected chi connectivity index (χ2v) is 7.18. The van der Waals surface area contributed by atoms with E-state index in [4.69, 9.17) is 4.52 Å². The molecule has 22 heavy (non-hydrogen) atoms. The van der Waals surface area contributed by atoms with Crippen molar-refractivity contribution in [2.45, 2.75) is 47.0 Å². The van der Waals surface area contributed by atoms with Crippen molar-refractivity contribution >= 4 is 17.2 Å². The first kappa shape index (κ1) is 16.7. The molecule has 2 rings (SSSR count). The van der Waals surface area contributed by atoms with Gasteiger partial charge in [0.05, 0.1) is 16.4 Å². The Kier molecular flexibility index (Phi) is 5.71. The summed E-state index contributed by atoms with van der Waals surface area (Å²) in [6.45, 7) is 8.93. The maximum absolute atomic E-state index is 12.0. The van der Waals surface area contributed by atoms with Gasteiger partial charge < -0.3 is 9.84 Å². The fourth-order valence-corrected chi connectivity index (χ4v) is 3.08. The van der Waals surface area contributed by atoms with Crippen molar-refractivity contribution in [1.29, 1.82) is 0 Å². The molecule has 5 nitrogen and oxygen atoms in total. The zero-order valence-corrected chi connectivity index (χ0v) is 14.4. The van der Waals surface area contributed by atoms with Gasteiger partial charge >= 0.3 is 0 Å². The van der Waals surface area contributed by atoms with Crippen molar-refractivity contribution in [2.75, 3.05) is 6.54 Å². The maximum atomic E-state index is 12.0. The molecule has 0 aliphatic carbocycles. The van der Waals surface area contributed by atoms with E-state index in [2.05, 4.69) is 36.2 Å². The van der Waals surface area contributed by atoms with E-state index in [0.717, 1.165) is 35.7 Å². The lowest BCUT2D eigenvalue weighted by molar-refractivity contribution is 0.0916. The molecular weight excluding hydrogens is 298 g/mol. The summed E-state index contributed by atoms with van der Waals surface area (Å²) in [7, 11) is 0. The molecule has 0 radical (unpaired) electrons. The van der Waals surface area contributed by atoms with E-state index in [-0.39, 0.29) is 11.7 Å². The fourth-order valence-electron chi connectivity index (χ4n) is 2.11. The lowest BCUT2D eigenvalue weighted by Gasteiger charge is -2.01. The van der Waals surface area contributed by atoms with E-state index in [1.807, 2.05) is 6.92 Å². The molecule has 0 atom stereocenters. The van der Waals surface area contributed by atoms with Crippen LogP contribution in [0.4, 0.5) is 0 Å². The Labute approximate surface area is 135 Å². The Balaban J connectivity index is 1.74. The van der Waals surface area contributed by atoms with Gasteiger partial charge in [-0.2, -0.15) is 0 Å². The first-order valence-corrected chi connectivity index (χ1v) is 8.44. The molecule has 0 fully saturated rings. The number of hydrogen-bond acceptors (Lipinski definition) is 5. The number of amides is 1. The first-order chi connectivity index (χ1) is 10.5. The Morgan fingerprint density at radius 3 is 2.82 bits per heavy atom. The molecule has 1 amide bonds. The summed E-state index contributed by atoms with van der Waals surface area (Å²) in [6.07, 6.45) is 2.57. The van der Waals surface area contributed by atoms with Crippen LogP contribution >= 0.6 is 11.3 Å². The molecule has 0 saturated carbocycles. The Bertz CT molecular complexity index is 612. The van der Waals surface area contributed by atoms with Crippen LogP contribution in [0.15, 0.2) is 10.6 Å². The van der Waals surface area contributed by atoms with Gasteiger partial charge in [-0.1, -0.05) is 19.0 Å². The van der Waals surface area contributed by atoms with Gasteiger partial charge in [0.15, 0.2) is 0 Å². The van der Waals surface area contributed by atoms with Crippen LogP contribution in [0.5, 0.6) is 0 Å². The molecule has 0 aliphatic rings. The molecule has 0 bridgehead atoms. The number of nitrogens with one attached hydrogen (secondary N) is 1. The van der Waals surface area contributed by atoms with Crippen LogP contribution in [0.25, 0.3) is 0 Å². The predicted octanol–water partition coefficient (Wildman–Crippen LogP) is 3.31. The van der Waals surface area contributed by atoms with E-state index < -0.39 is 0 Å². The maximum Gasteiger partial charge on any atom is 0.289 e. The zero-order chi connectivity index (χ0) is 16.1. The largest absolute Gasteiger partial charge is 0.351 e. The van der Waals surface area contributed by atoms with E-state index in [0.29, 0.717) is 12.5 Å². The highest BCUT2D eigenvalue weighted by molar-refractivity contribution is 7.11. The van der Waals surface area contributed by atoms with Crippen molar-refractivity contribution < 1.29 is 9.32 Å². The third kappa shape index (κ3) is 4.66. The van der Waals surface area contributed by atoms with Gasteiger partial charge in [-0.05, 0) is 32.6 Å². The lowest BCUT2D eigenvalue weighted by Crippen LogP contribution is -2.24. The van der Waals surface area contributed by atoms with Gasteiger partial charge in [-0.25, -0.2) is 4.98 Å². The van der Waals surface area contributed by atoms with E-state index in [1.165, 1.54) is 4.88 Å². The van der Waals surface area contributed by atoms with E-state index >= 15 is 0 Å². The molecule has 0 saturated heterocycles. The monoisotopic (exact) mass is 321 g/mol. The summed E-state index contributed by atoms with van der Waals surface area (Å²) in [5.74, 6) is 0.580. The van der Waals surface area contributed by atoms with Crippen LogP contribution in [-0.4, -0.2) is 22.6 Å². The normalized spacial score (nSPS) is 11.1. The number of aryl methyl sites for hydroxylation is 3.